The molecule has 2 rings (SSSR count). The van der Waals surface area contributed by atoms with E-state index in [4.69, 9.17) is 4.74 Å². The van der Waals surface area contributed by atoms with E-state index in [1.807, 2.05) is 4.72 Å². The number of rotatable bonds is 3. The lowest BCUT2D eigenvalue weighted by atomic mass is 9.92. The first kappa shape index (κ1) is 14.3. The van der Waals surface area contributed by atoms with Gasteiger partial charge in [0.1, 0.15) is 5.82 Å². The van der Waals surface area contributed by atoms with Crippen molar-refractivity contribution in [3.8, 4) is 0 Å². The molecule has 1 aromatic carbocycles. The summed E-state index contributed by atoms with van der Waals surface area (Å²) in [4.78, 5) is 12.0. The summed E-state index contributed by atoms with van der Waals surface area (Å²) in [6.07, 6.45) is 0.856. The van der Waals surface area contributed by atoms with Gasteiger partial charge in [0.25, 0.3) is 5.78 Å². The smallest absolute Gasteiger partial charge is 0.250 e. The largest absolute Gasteiger partial charge is 0.501 e. The first-order valence-corrected chi connectivity index (χ1v) is 7.43. The maximum Gasteiger partial charge on any atom is 0.250 e. The minimum Gasteiger partial charge on any atom is -0.501 e. The minimum atomic E-state index is -3.71. The highest BCUT2D eigenvalue weighted by Gasteiger charge is 2.48. The van der Waals surface area contributed by atoms with Crippen LogP contribution < -0.4 is 4.72 Å². The summed E-state index contributed by atoms with van der Waals surface area (Å²) >= 11 is 0. The number of hydrogen-bond acceptors (Lipinski definition) is 5. The number of hydrogen-bond donors (Lipinski definition) is 2. The molecule has 0 saturated carbocycles. The zero-order valence-corrected chi connectivity index (χ0v) is 11.5. The monoisotopic (exact) mass is 301 g/mol. The zero-order chi connectivity index (χ0) is 15.1. The molecule has 1 heterocycles. The van der Waals surface area contributed by atoms with Crippen LogP contribution in [0.5, 0.6) is 0 Å². The minimum absolute atomic E-state index is 0.292. The van der Waals surface area contributed by atoms with Crippen LogP contribution in [0.3, 0.4) is 0 Å². The van der Waals surface area contributed by atoms with E-state index in [-0.39, 0.29) is 0 Å². The van der Waals surface area contributed by atoms with E-state index >= 15 is 0 Å². The van der Waals surface area contributed by atoms with Gasteiger partial charge in [-0.15, -0.1) is 0 Å². The van der Waals surface area contributed by atoms with Crippen LogP contribution in [0.4, 0.5) is 4.39 Å². The third kappa shape index (κ3) is 2.46. The van der Waals surface area contributed by atoms with Gasteiger partial charge < -0.3 is 9.84 Å². The van der Waals surface area contributed by atoms with Crippen molar-refractivity contribution in [3.05, 3.63) is 47.3 Å². The molecule has 1 atom stereocenters. The number of ketones is 1. The van der Waals surface area contributed by atoms with Gasteiger partial charge in [-0.2, -0.15) is 0 Å². The van der Waals surface area contributed by atoms with Crippen LogP contribution >= 0.6 is 0 Å². The molecule has 0 amide bonds. The third-order valence-corrected chi connectivity index (χ3v) is 3.40. The summed E-state index contributed by atoms with van der Waals surface area (Å²) in [5, 5.41) is 9.68. The number of sulfonamides is 1. The lowest BCUT2D eigenvalue weighted by molar-refractivity contribution is -0.131. The molecule has 0 bridgehead atoms. The predicted molar refractivity (Wildman–Crippen MR) is 67.5 cm³/mol. The Bertz CT molecular complexity index is 695. The second-order valence-electron chi connectivity index (χ2n) is 4.52. The van der Waals surface area contributed by atoms with Gasteiger partial charge in [0, 0.05) is 5.56 Å². The Balaban J connectivity index is 2.38. The van der Waals surface area contributed by atoms with Crippen molar-refractivity contribution in [1.29, 1.82) is 0 Å². The molecular weight excluding hydrogens is 289 g/mol. The van der Waals surface area contributed by atoms with Crippen LogP contribution in [0.15, 0.2) is 35.9 Å². The van der Waals surface area contributed by atoms with E-state index in [0.717, 1.165) is 18.4 Å². The van der Waals surface area contributed by atoms with Gasteiger partial charge in [-0.1, -0.05) is 12.1 Å². The average molecular weight is 301 g/mol. The van der Waals surface area contributed by atoms with Gasteiger partial charge in [0.2, 0.25) is 21.7 Å². The number of aliphatic hydroxyl groups is 1. The third-order valence-electron chi connectivity index (χ3n) is 2.84. The molecular formula is C12H12FNO5S. The van der Waals surface area contributed by atoms with Crippen molar-refractivity contribution in [2.75, 3.05) is 6.26 Å². The highest BCUT2D eigenvalue weighted by Crippen LogP contribution is 2.37. The molecule has 1 aliphatic heterocycles. The number of carbonyl (C=O) groups excluding carboxylic acids is 1. The lowest BCUT2D eigenvalue weighted by Gasteiger charge is -2.23. The van der Waals surface area contributed by atoms with Crippen LogP contribution in [0.25, 0.3) is 0 Å². The maximum atomic E-state index is 12.9. The Morgan fingerprint density at radius 3 is 2.35 bits per heavy atom. The van der Waals surface area contributed by atoms with Gasteiger partial charge in [-0.25, -0.2) is 12.8 Å². The SMILES string of the molecule is CC1(c2ccc(F)cc2)OC(NS(C)(=O)=O)=C(O)C1=O. The molecule has 1 aliphatic rings. The van der Waals surface area contributed by atoms with Crippen molar-refractivity contribution >= 4 is 15.8 Å². The van der Waals surface area contributed by atoms with Gasteiger partial charge in [0.05, 0.1) is 6.26 Å². The molecule has 1 unspecified atom stereocenters. The number of aliphatic hydroxyl groups excluding tert-OH is 1. The lowest BCUT2D eigenvalue weighted by Crippen LogP contribution is -2.32. The fourth-order valence-corrected chi connectivity index (χ4v) is 2.30. The Kier molecular flexibility index (Phi) is 3.21. The number of halogens is 1. The van der Waals surface area contributed by atoms with E-state index in [1.54, 1.807) is 0 Å². The summed E-state index contributed by atoms with van der Waals surface area (Å²) in [5.41, 5.74) is -1.31. The molecule has 1 aromatic rings. The normalized spacial score (nSPS) is 22.9. The summed E-state index contributed by atoms with van der Waals surface area (Å²) in [6, 6.07) is 4.92. The van der Waals surface area contributed by atoms with Crippen molar-refractivity contribution < 1.29 is 27.4 Å². The first-order valence-electron chi connectivity index (χ1n) is 5.54. The predicted octanol–water partition coefficient (Wildman–Crippen LogP) is 0.917. The number of benzene rings is 1. The summed E-state index contributed by atoms with van der Waals surface area (Å²) in [5.74, 6) is -2.66. The Hall–Kier alpha value is -2.09. The molecule has 0 radical (unpaired) electrons. The van der Waals surface area contributed by atoms with Gasteiger partial charge in [0.15, 0.2) is 5.60 Å². The van der Waals surface area contributed by atoms with Crippen molar-refractivity contribution in [3.63, 3.8) is 0 Å². The van der Waals surface area contributed by atoms with Crippen LogP contribution in [-0.4, -0.2) is 25.6 Å². The van der Waals surface area contributed by atoms with Crippen molar-refractivity contribution in [1.82, 2.24) is 4.72 Å². The second kappa shape index (κ2) is 4.48. The van der Waals surface area contributed by atoms with Crippen LogP contribution in [0, 0.1) is 5.82 Å². The van der Waals surface area contributed by atoms with E-state index in [2.05, 4.69) is 0 Å². The summed E-state index contributed by atoms with van der Waals surface area (Å²) in [7, 11) is -3.71. The highest BCUT2D eigenvalue weighted by molar-refractivity contribution is 7.88. The Morgan fingerprint density at radius 2 is 1.85 bits per heavy atom. The first-order chi connectivity index (χ1) is 9.13. The molecule has 0 spiro atoms. The average Bonchev–Trinajstić information content (AvgIpc) is 2.54. The van der Waals surface area contributed by atoms with E-state index < -0.39 is 38.9 Å². The standard InChI is InChI=1S/C12H12FNO5S/c1-12(7-3-5-8(13)6-4-7)10(16)9(15)11(19-12)14-20(2,17)18/h3-6,14-15H,1-2H3. The van der Waals surface area contributed by atoms with E-state index in [0.29, 0.717) is 5.56 Å². The van der Waals surface area contributed by atoms with Crippen LogP contribution in [-0.2, 0) is 25.2 Å². The van der Waals surface area contributed by atoms with Gasteiger partial charge in [-0.3, -0.25) is 9.52 Å². The van der Waals surface area contributed by atoms with Gasteiger partial charge >= 0.3 is 0 Å². The highest BCUT2D eigenvalue weighted by atomic mass is 32.2. The number of carbonyl (C=O) groups is 1. The Labute approximate surface area is 114 Å². The molecule has 20 heavy (non-hydrogen) atoms. The molecule has 0 saturated heterocycles. The molecule has 6 nitrogen and oxygen atoms in total. The topological polar surface area (TPSA) is 92.7 Å². The van der Waals surface area contributed by atoms with E-state index in [9.17, 15) is 22.7 Å². The summed E-state index contributed by atoms with van der Waals surface area (Å²) < 4.78 is 42.3. The molecule has 0 fully saturated rings. The van der Waals surface area contributed by atoms with Gasteiger partial charge in [-0.05, 0) is 19.1 Å². The number of ether oxygens (including phenoxy) is 1. The quantitative estimate of drug-likeness (QED) is 0.866. The van der Waals surface area contributed by atoms with Crippen LogP contribution in [0.2, 0.25) is 0 Å². The molecule has 0 aliphatic carbocycles. The fourth-order valence-electron chi connectivity index (χ4n) is 1.82. The van der Waals surface area contributed by atoms with E-state index in [1.165, 1.54) is 19.1 Å². The van der Waals surface area contributed by atoms with Crippen molar-refractivity contribution in [2.24, 2.45) is 0 Å². The van der Waals surface area contributed by atoms with Crippen molar-refractivity contribution in [2.45, 2.75) is 12.5 Å². The number of Topliss-reactive ketones (excluding diaryl/α,β-unsaturated/α-hetero) is 1. The fraction of sp³-hybridized carbons (Fsp3) is 0.250. The molecule has 108 valence electrons. The summed E-state index contributed by atoms with van der Waals surface area (Å²) in [6.45, 7) is 1.36. The molecule has 0 aromatic heterocycles. The number of nitrogens with one attached hydrogen (secondary N) is 1. The molecule has 8 heteroatoms. The Morgan fingerprint density at radius 1 is 1.30 bits per heavy atom. The zero-order valence-electron chi connectivity index (χ0n) is 10.7. The maximum absolute atomic E-state index is 12.9. The van der Waals surface area contributed by atoms with Crippen LogP contribution in [0.1, 0.15) is 12.5 Å². The molecule has 2 N–H and O–H groups in total. The second-order valence-corrected chi connectivity index (χ2v) is 6.27.